The normalized spacial score (nSPS) is 13.8. The van der Waals surface area contributed by atoms with Gasteiger partial charge in [-0.15, -0.1) is 0 Å². The van der Waals surface area contributed by atoms with Gasteiger partial charge in [0.05, 0.1) is 12.8 Å². The van der Waals surface area contributed by atoms with Crippen molar-refractivity contribution in [3.8, 4) is 0 Å². The van der Waals surface area contributed by atoms with Crippen molar-refractivity contribution >= 4 is 17.5 Å². The zero-order valence-electron chi connectivity index (χ0n) is 9.91. The van der Waals surface area contributed by atoms with Crippen LogP contribution in [0.3, 0.4) is 0 Å². The van der Waals surface area contributed by atoms with E-state index in [-0.39, 0.29) is 11.8 Å². The molecule has 1 aliphatic heterocycles. The average Bonchev–Trinajstić information content (AvgIpc) is 2.55. The molecule has 0 saturated carbocycles. The van der Waals surface area contributed by atoms with Gasteiger partial charge >= 0.3 is 0 Å². The number of nitrogens with zero attached hydrogens (tertiary/aromatic N) is 1. The fourth-order valence-corrected chi connectivity index (χ4v) is 2.00. The summed E-state index contributed by atoms with van der Waals surface area (Å²) in [5, 5.41) is 0. The molecule has 5 heteroatoms. The van der Waals surface area contributed by atoms with E-state index in [0.29, 0.717) is 12.8 Å². The minimum Gasteiger partial charge on any atom is -0.315 e. The molecule has 0 saturated heterocycles. The monoisotopic (exact) mass is 233 g/mol. The van der Waals surface area contributed by atoms with E-state index in [1.54, 1.807) is 19.0 Å². The van der Waals surface area contributed by atoms with E-state index >= 15 is 0 Å². The molecule has 1 heterocycles. The Morgan fingerprint density at radius 1 is 1.47 bits per heavy atom. The molecule has 0 radical (unpaired) electrons. The lowest BCUT2D eigenvalue weighted by Gasteiger charge is -2.10. The number of likely N-dealkylation sites (N-methyl/N-ethyl adjacent to an activating group) is 1. The van der Waals surface area contributed by atoms with Gasteiger partial charge in [-0.2, -0.15) is 0 Å². The van der Waals surface area contributed by atoms with Gasteiger partial charge in [0.2, 0.25) is 11.8 Å². The van der Waals surface area contributed by atoms with Crippen molar-refractivity contribution in [2.75, 3.05) is 19.0 Å². The Balaban J connectivity index is 2.16. The Kier molecular flexibility index (Phi) is 3.10. The predicted molar refractivity (Wildman–Crippen MR) is 64.5 cm³/mol. The molecular formula is C12H15N3O2. The molecule has 0 aliphatic carbocycles. The molecule has 1 aliphatic rings. The SMILES string of the molecule is CNNC(=O)Cc1ccc2c(c1)CC(=O)N2C. The quantitative estimate of drug-likeness (QED) is 0.722. The molecule has 0 aromatic heterocycles. The molecule has 2 amide bonds. The molecule has 5 nitrogen and oxygen atoms in total. The Morgan fingerprint density at radius 2 is 2.24 bits per heavy atom. The van der Waals surface area contributed by atoms with E-state index in [1.807, 2.05) is 18.2 Å². The van der Waals surface area contributed by atoms with Crippen molar-refractivity contribution in [2.45, 2.75) is 12.8 Å². The Hall–Kier alpha value is -1.88. The van der Waals surface area contributed by atoms with Crippen LogP contribution in [0.1, 0.15) is 11.1 Å². The molecule has 1 aromatic carbocycles. The van der Waals surface area contributed by atoms with E-state index in [0.717, 1.165) is 16.8 Å². The number of carbonyl (C=O) groups is 2. The van der Waals surface area contributed by atoms with Gasteiger partial charge in [0.25, 0.3) is 0 Å². The average molecular weight is 233 g/mol. The first-order valence-corrected chi connectivity index (χ1v) is 5.45. The van der Waals surface area contributed by atoms with E-state index in [1.165, 1.54) is 0 Å². The maximum Gasteiger partial charge on any atom is 0.238 e. The number of carbonyl (C=O) groups excluding carboxylic acids is 2. The van der Waals surface area contributed by atoms with Gasteiger partial charge in [0, 0.05) is 19.8 Å². The van der Waals surface area contributed by atoms with Crippen LogP contribution in [0.4, 0.5) is 5.69 Å². The highest BCUT2D eigenvalue weighted by atomic mass is 16.2. The second-order valence-corrected chi connectivity index (χ2v) is 4.07. The molecule has 0 fully saturated rings. The van der Waals surface area contributed by atoms with Crippen LogP contribution in [0.15, 0.2) is 18.2 Å². The fraction of sp³-hybridized carbons (Fsp3) is 0.333. The highest BCUT2D eigenvalue weighted by Gasteiger charge is 2.23. The molecule has 90 valence electrons. The van der Waals surface area contributed by atoms with Crippen LogP contribution >= 0.6 is 0 Å². The van der Waals surface area contributed by atoms with E-state index in [2.05, 4.69) is 10.9 Å². The number of hydrogen-bond acceptors (Lipinski definition) is 3. The van der Waals surface area contributed by atoms with Crippen LogP contribution in [0.5, 0.6) is 0 Å². The summed E-state index contributed by atoms with van der Waals surface area (Å²) in [4.78, 5) is 24.5. The molecule has 0 unspecified atom stereocenters. The van der Waals surface area contributed by atoms with Crippen LogP contribution < -0.4 is 15.8 Å². The third kappa shape index (κ3) is 2.29. The van der Waals surface area contributed by atoms with Crippen molar-refractivity contribution in [3.05, 3.63) is 29.3 Å². The minimum absolute atomic E-state index is 0.0925. The molecule has 2 rings (SSSR count). The summed E-state index contributed by atoms with van der Waals surface area (Å²) >= 11 is 0. The number of nitrogens with one attached hydrogen (secondary N) is 2. The zero-order valence-corrected chi connectivity index (χ0v) is 9.91. The zero-order chi connectivity index (χ0) is 12.4. The summed E-state index contributed by atoms with van der Waals surface area (Å²) < 4.78 is 0. The standard InChI is InChI=1S/C12H15N3O2/c1-13-14-11(16)6-8-3-4-10-9(5-8)7-12(17)15(10)2/h3-5,13H,6-7H2,1-2H3,(H,14,16). The lowest BCUT2D eigenvalue weighted by atomic mass is 10.1. The van der Waals surface area contributed by atoms with Gasteiger partial charge < -0.3 is 4.90 Å². The van der Waals surface area contributed by atoms with Crippen LogP contribution in [-0.2, 0) is 22.4 Å². The highest BCUT2D eigenvalue weighted by molar-refractivity contribution is 6.01. The Labute approximate surface area is 99.8 Å². The topological polar surface area (TPSA) is 61.4 Å². The van der Waals surface area contributed by atoms with Crippen LogP contribution in [0.2, 0.25) is 0 Å². The first kappa shape index (κ1) is 11.6. The lowest BCUT2D eigenvalue weighted by Crippen LogP contribution is -2.35. The van der Waals surface area contributed by atoms with Crippen molar-refractivity contribution in [2.24, 2.45) is 0 Å². The fourth-order valence-electron chi connectivity index (χ4n) is 2.00. The highest BCUT2D eigenvalue weighted by Crippen LogP contribution is 2.28. The molecule has 17 heavy (non-hydrogen) atoms. The first-order chi connectivity index (χ1) is 8.11. The summed E-state index contributed by atoms with van der Waals surface area (Å²) in [5.41, 5.74) is 7.95. The number of benzene rings is 1. The summed E-state index contributed by atoms with van der Waals surface area (Å²) in [5.74, 6) is 0.00181. The molecule has 0 bridgehead atoms. The lowest BCUT2D eigenvalue weighted by molar-refractivity contribution is -0.121. The van der Waals surface area contributed by atoms with Crippen molar-refractivity contribution in [1.29, 1.82) is 0 Å². The Bertz CT molecular complexity index is 471. The van der Waals surface area contributed by atoms with Crippen LogP contribution in [0, 0.1) is 0 Å². The summed E-state index contributed by atoms with van der Waals surface area (Å²) in [7, 11) is 3.41. The smallest absolute Gasteiger partial charge is 0.238 e. The maximum absolute atomic E-state index is 11.5. The van der Waals surface area contributed by atoms with Crippen LogP contribution in [0.25, 0.3) is 0 Å². The first-order valence-electron chi connectivity index (χ1n) is 5.45. The summed E-state index contributed by atoms with van der Waals surface area (Å²) in [6.45, 7) is 0. The van der Waals surface area contributed by atoms with Crippen LogP contribution in [-0.4, -0.2) is 25.9 Å². The van der Waals surface area contributed by atoms with Gasteiger partial charge in [-0.05, 0) is 17.2 Å². The third-order valence-electron chi connectivity index (χ3n) is 2.85. The second-order valence-electron chi connectivity index (χ2n) is 4.07. The van der Waals surface area contributed by atoms with E-state index in [9.17, 15) is 9.59 Å². The number of fused-ring (bicyclic) bond motifs is 1. The van der Waals surface area contributed by atoms with Gasteiger partial charge in [-0.25, -0.2) is 5.43 Å². The summed E-state index contributed by atoms with van der Waals surface area (Å²) in [6, 6.07) is 5.69. The minimum atomic E-state index is -0.0925. The molecule has 0 atom stereocenters. The predicted octanol–water partition coefficient (Wildman–Crippen LogP) is -0.00140. The molecule has 0 spiro atoms. The largest absolute Gasteiger partial charge is 0.315 e. The van der Waals surface area contributed by atoms with Crippen molar-refractivity contribution in [3.63, 3.8) is 0 Å². The maximum atomic E-state index is 11.5. The number of rotatable bonds is 3. The van der Waals surface area contributed by atoms with Gasteiger partial charge in [0.1, 0.15) is 0 Å². The third-order valence-corrected chi connectivity index (χ3v) is 2.85. The van der Waals surface area contributed by atoms with Gasteiger partial charge in [-0.1, -0.05) is 12.1 Å². The van der Waals surface area contributed by atoms with Gasteiger partial charge in [0.15, 0.2) is 0 Å². The number of amides is 2. The van der Waals surface area contributed by atoms with E-state index < -0.39 is 0 Å². The number of hydrogen-bond donors (Lipinski definition) is 2. The van der Waals surface area contributed by atoms with Gasteiger partial charge in [-0.3, -0.25) is 15.0 Å². The van der Waals surface area contributed by atoms with Crippen molar-refractivity contribution in [1.82, 2.24) is 10.9 Å². The molecule has 1 aromatic rings. The summed E-state index contributed by atoms with van der Waals surface area (Å²) in [6.07, 6.45) is 0.735. The Morgan fingerprint density at radius 3 is 2.94 bits per heavy atom. The number of anilines is 1. The van der Waals surface area contributed by atoms with E-state index in [4.69, 9.17) is 0 Å². The van der Waals surface area contributed by atoms with Crippen molar-refractivity contribution < 1.29 is 9.59 Å². The second kappa shape index (κ2) is 4.55. The molecule has 2 N–H and O–H groups in total. The molecular weight excluding hydrogens is 218 g/mol. The number of hydrazine groups is 1.